The maximum atomic E-state index is 2.04. The Morgan fingerprint density at radius 2 is 2.29 bits per heavy atom. The Morgan fingerprint density at radius 1 is 1.43 bits per heavy atom. The van der Waals surface area contributed by atoms with E-state index in [4.69, 9.17) is 0 Å². The Hall–Kier alpha value is -0.370. The van der Waals surface area contributed by atoms with Gasteiger partial charge in [0.2, 0.25) is 0 Å². The highest BCUT2D eigenvalue weighted by molar-refractivity contribution is 8.00. The molecule has 0 spiro atoms. The van der Waals surface area contributed by atoms with Crippen molar-refractivity contribution in [3.63, 3.8) is 0 Å². The fraction of sp³-hybridized carbons (Fsp3) is 0.200. The van der Waals surface area contributed by atoms with Gasteiger partial charge in [-0.3, -0.25) is 0 Å². The van der Waals surface area contributed by atoms with Crippen LogP contribution >= 0.6 is 11.9 Å². The van der Waals surface area contributed by atoms with Crippen molar-refractivity contribution in [1.82, 2.24) is 4.31 Å². The summed E-state index contributed by atoms with van der Waals surface area (Å²) in [6, 6.07) is 0. The molecule has 0 atom stereocenters. The molecule has 0 saturated carbocycles. The van der Waals surface area contributed by atoms with Gasteiger partial charge in [-0.05, 0) is 23.4 Å². The minimum absolute atomic E-state index is 1.68. The second-order valence-corrected chi connectivity index (χ2v) is 2.38. The molecule has 38 valence electrons. The quantitative estimate of drug-likeness (QED) is 0.439. The van der Waals surface area contributed by atoms with Crippen LogP contribution in [0.3, 0.4) is 0 Å². The smallest absolute Gasteiger partial charge is 0.0179 e. The Bertz CT molecular complexity index is 107. The molecule has 1 aliphatic rings. The molecule has 1 nitrogen and oxygen atoms in total. The summed E-state index contributed by atoms with van der Waals surface area (Å²) in [7, 11) is 2.02. The van der Waals surface area contributed by atoms with Crippen LogP contribution in [0.25, 0.3) is 0 Å². The maximum Gasteiger partial charge on any atom is 0.0179 e. The summed E-state index contributed by atoms with van der Waals surface area (Å²) in [5.41, 5.74) is 0. The molecule has 0 fully saturated rings. The third-order valence-electron chi connectivity index (χ3n) is 0.713. The van der Waals surface area contributed by atoms with E-state index in [-0.39, 0.29) is 0 Å². The van der Waals surface area contributed by atoms with Crippen LogP contribution in [-0.2, 0) is 0 Å². The van der Waals surface area contributed by atoms with Gasteiger partial charge in [0.25, 0.3) is 0 Å². The highest BCUT2D eigenvalue weighted by Gasteiger charge is 1.87. The largest absolute Gasteiger partial charge is 0.323 e. The highest BCUT2D eigenvalue weighted by atomic mass is 32.2. The van der Waals surface area contributed by atoms with Crippen molar-refractivity contribution in [1.29, 1.82) is 0 Å². The van der Waals surface area contributed by atoms with E-state index in [0.717, 1.165) is 0 Å². The first kappa shape index (κ1) is 4.78. The summed E-state index contributed by atoms with van der Waals surface area (Å²) in [5, 5.41) is 2.04. The first-order valence-corrected chi connectivity index (χ1v) is 2.96. The van der Waals surface area contributed by atoms with E-state index < -0.39 is 0 Å². The average Bonchev–Trinajstić information content (AvgIpc) is 1.69. The van der Waals surface area contributed by atoms with Crippen molar-refractivity contribution in [3.05, 3.63) is 23.8 Å². The van der Waals surface area contributed by atoms with Gasteiger partial charge in [-0.15, -0.1) is 0 Å². The van der Waals surface area contributed by atoms with Gasteiger partial charge in [-0.1, -0.05) is 6.08 Å². The molecule has 0 aromatic carbocycles. The van der Waals surface area contributed by atoms with Crippen molar-refractivity contribution in [3.8, 4) is 0 Å². The van der Waals surface area contributed by atoms with Crippen LogP contribution in [0.2, 0.25) is 0 Å². The molecule has 1 heterocycles. The lowest BCUT2D eigenvalue weighted by atomic mass is 10.6. The molecular formula is C5H7NS. The molecule has 1 rings (SSSR count). The third kappa shape index (κ3) is 1.27. The van der Waals surface area contributed by atoms with E-state index in [1.54, 1.807) is 11.9 Å². The van der Waals surface area contributed by atoms with Crippen LogP contribution in [0, 0.1) is 0 Å². The summed E-state index contributed by atoms with van der Waals surface area (Å²) in [5.74, 6) is 0. The molecule has 0 unspecified atom stereocenters. The molecule has 0 aromatic rings. The minimum Gasteiger partial charge on any atom is -0.323 e. The van der Waals surface area contributed by atoms with E-state index in [2.05, 4.69) is 0 Å². The van der Waals surface area contributed by atoms with Crippen molar-refractivity contribution >= 4 is 11.9 Å². The zero-order valence-electron chi connectivity index (χ0n) is 4.16. The van der Waals surface area contributed by atoms with E-state index in [1.165, 1.54) is 0 Å². The van der Waals surface area contributed by atoms with Gasteiger partial charge in [0, 0.05) is 13.2 Å². The highest BCUT2D eigenvalue weighted by Crippen LogP contribution is 2.11. The molecule has 1 aliphatic heterocycles. The van der Waals surface area contributed by atoms with Crippen LogP contribution in [0.15, 0.2) is 23.8 Å². The van der Waals surface area contributed by atoms with Gasteiger partial charge < -0.3 is 4.31 Å². The van der Waals surface area contributed by atoms with Gasteiger partial charge >= 0.3 is 0 Å². The molecule has 0 saturated heterocycles. The molecule has 7 heavy (non-hydrogen) atoms. The third-order valence-corrected chi connectivity index (χ3v) is 1.45. The van der Waals surface area contributed by atoms with E-state index >= 15 is 0 Å². The van der Waals surface area contributed by atoms with E-state index in [0.29, 0.717) is 0 Å². The van der Waals surface area contributed by atoms with Crippen LogP contribution < -0.4 is 0 Å². The zero-order chi connectivity index (χ0) is 5.11. The fourth-order valence-corrected chi connectivity index (χ4v) is 0.876. The SMILES string of the molecule is CN1C=CC=CS1. The van der Waals surface area contributed by atoms with Crippen LogP contribution in [-0.4, -0.2) is 11.4 Å². The fourth-order valence-electron chi connectivity index (χ4n) is 0.383. The summed E-state index contributed by atoms with van der Waals surface area (Å²) < 4.78 is 2.04. The predicted octanol–water partition coefficient (Wildman–Crippen LogP) is 1.61. The molecule has 0 radical (unpaired) electrons. The first-order valence-electron chi connectivity index (χ1n) is 2.12. The molecule has 0 N–H and O–H groups in total. The van der Waals surface area contributed by atoms with Crippen LogP contribution in [0.5, 0.6) is 0 Å². The topological polar surface area (TPSA) is 3.24 Å². The van der Waals surface area contributed by atoms with Crippen molar-refractivity contribution in [2.24, 2.45) is 0 Å². The Balaban J connectivity index is 2.49. The minimum atomic E-state index is 1.68. The number of hydrogen-bond donors (Lipinski definition) is 0. The normalized spacial score (nSPS) is 18.1. The van der Waals surface area contributed by atoms with Crippen molar-refractivity contribution in [2.45, 2.75) is 0 Å². The number of nitrogens with zero attached hydrogens (tertiary/aromatic N) is 1. The molecule has 0 aromatic heterocycles. The number of hydrogen-bond acceptors (Lipinski definition) is 2. The summed E-state index contributed by atoms with van der Waals surface area (Å²) >= 11 is 1.68. The lowest BCUT2D eigenvalue weighted by Gasteiger charge is -2.09. The second-order valence-electron chi connectivity index (χ2n) is 1.32. The Kier molecular flexibility index (Phi) is 1.42. The van der Waals surface area contributed by atoms with Crippen LogP contribution in [0.1, 0.15) is 0 Å². The van der Waals surface area contributed by atoms with Crippen molar-refractivity contribution < 1.29 is 0 Å². The van der Waals surface area contributed by atoms with Gasteiger partial charge in [0.05, 0.1) is 0 Å². The van der Waals surface area contributed by atoms with E-state index in [1.807, 2.05) is 35.1 Å². The molecule has 0 amide bonds. The maximum absolute atomic E-state index is 2.04. The standard InChI is InChI=1S/C5H7NS/c1-6-4-2-3-5-7-6/h2-5H,1H3. The Labute approximate surface area is 47.8 Å². The van der Waals surface area contributed by atoms with Crippen LogP contribution in [0.4, 0.5) is 0 Å². The molecule has 2 heteroatoms. The second kappa shape index (κ2) is 2.07. The zero-order valence-corrected chi connectivity index (χ0v) is 4.98. The van der Waals surface area contributed by atoms with Crippen molar-refractivity contribution in [2.75, 3.05) is 7.05 Å². The first-order chi connectivity index (χ1) is 3.39. The number of allylic oxidation sites excluding steroid dienone is 2. The predicted molar refractivity (Wildman–Crippen MR) is 33.6 cm³/mol. The lowest BCUT2D eigenvalue weighted by Crippen LogP contribution is -1.97. The Morgan fingerprint density at radius 3 is 2.57 bits per heavy atom. The lowest BCUT2D eigenvalue weighted by molar-refractivity contribution is 0.777. The summed E-state index contributed by atoms with van der Waals surface area (Å²) in [6.45, 7) is 0. The molecule has 0 bridgehead atoms. The van der Waals surface area contributed by atoms with Gasteiger partial charge in [0.1, 0.15) is 0 Å². The monoisotopic (exact) mass is 113 g/mol. The summed E-state index contributed by atoms with van der Waals surface area (Å²) in [4.78, 5) is 0. The molecule has 0 aliphatic carbocycles. The van der Waals surface area contributed by atoms with Gasteiger partial charge in [-0.2, -0.15) is 0 Å². The van der Waals surface area contributed by atoms with E-state index in [9.17, 15) is 0 Å². The summed E-state index contributed by atoms with van der Waals surface area (Å²) in [6.07, 6.45) is 6.05. The van der Waals surface area contributed by atoms with Gasteiger partial charge in [-0.25, -0.2) is 0 Å². The number of rotatable bonds is 0. The van der Waals surface area contributed by atoms with Gasteiger partial charge in [0.15, 0.2) is 0 Å². The molecular weight excluding hydrogens is 106 g/mol. The average molecular weight is 113 g/mol.